The van der Waals surface area contributed by atoms with Crippen LogP contribution in [0, 0.1) is 0 Å². The van der Waals surface area contributed by atoms with Crippen molar-refractivity contribution < 1.29 is 4.74 Å². The summed E-state index contributed by atoms with van der Waals surface area (Å²) in [6.07, 6.45) is 8.96. The molecule has 0 rings (SSSR count). The molecule has 0 aromatic carbocycles. The van der Waals surface area contributed by atoms with Gasteiger partial charge >= 0.3 is 0 Å². The lowest BCUT2D eigenvalue weighted by Crippen LogP contribution is -2.49. The first-order chi connectivity index (χ1) is 9.84. The lowest BCUT2D eigenvalue weighted by atomic mass is 9.86. The number of ether oxygens (including phenoxy) is 1. The van der Waals surface area contributed by atoms with E-state index in [0.29, 0.717) is 37.1 Å². The molecule has 3 heteroatoms. The Labute approximate surface area is 129 Å². The Balaban J connectivity index is 5.86. The predicted octanol–water partition coefficient (Wildman–Crippen LogP) is 3.73. The molecule has 0 heterocycles. The zero-order valence-electron chi connectivity index (χ0n) is 12.9. The van der Waals surface area contributed by atoms with E-state index in [4.69, 9.17) is 16.2 Å². The quantitative estimate of drug-likeness (QED) is 0.538. The third-order valence-corrected chi connectivity index (χ3v) is 3.46. The molecule has 0 saturated carbocycles. The third kappa shape index (κ3) is 4.50. The molecule has 0 aliphatic carbocycles. The number of nitrogens with two attached hydrogens (primary N) is 2. The van der Waals surface area contributed by atoms with Crippen LogP contribution >= 0.6 is 0 Å². The Morgan fingerprint density at radius 3 is 1.10 bits per heavy atom. The second kappa shape index (κ2) is 8.32. The van der Waals surface area contributed by atoms with Gasteiger partial charge in [0.2, 0.25) is 0 Å². The van der Waals surface area contributed by atoms with Crippen molar-refractivity contribution in [1.29, 1.82) is 0 Å². The lowest BCUT2D eigenvalue weighted by molar-refractivity contribution is -0.115. The molecule has 4 N–H and O–H groups in total. The van der Waals surface area contributed by atoms with Crippen LogP contribution < -0.4 is 11.5 Å². The molecule has 0 aliphatic heterocycles. The molecule has 0 bridgehead atoms. The van der Waals surface area contributed by atoms with Gasteiger partial charge in [0.1, 0.15) is 11.2 Å². The molecule has 3 nitrogen and oxygen atoms in total. The Morgan fingerprint density at radius 1 is 0.714 bits per heavy atom. The first-order valence-electron chi connectivity index (χ1n) is 6.87. The highest BCUT2D eigenvalue weighted by atomic mass is 16.5. The monoisotopic (exact) mass is 288 g/mol. The van der Waals surface area contributed by atoms with Crippen molar-refractivity contribution in [3.8, 4) is 0 Å². The highest BCUT2D eigenvalue weighted by molar-refractivity contribution is 5.21. The van der Waals surface area contributed by atoms with Gasteiger partial charge in [-0.2, -0.15) is 0 Å². The molecule has 21 heavy (non-hydrogen) atoms. The standard InChI is InChI=1S/C18H28N2O/c1-7-11-17(12-8-2,15(5)19)21-18(13-9-3,14-10-4)16(6)20/h7-10H,1-6,11-14,19-20H2. The summed E-state index contributed by atoms with van der Waals surface area (Å²) in [5.74, 6) is 0. The smallest absolute Gasteiger partial charge is 0.115 e. The van der Waals surface area contributed by atoms with Gasteiger partial charge < -0.3 is 16.2 Å². The van der Waals surface area contributed by atoms with E-state index in [-0.39, 0.29) is 0 Å². The highest BCUT2D eigenvalue weighted by Gasteiger charge is 2.42. The molecule has 0 aromatic rings. The van der Waals surface area contributed by atoms with Crippen LogP contribution in [0.25, 0.3) is 0 Å². The molecule has 116 valence electrons. The van der Waals surface area contributed by atoms with Crippen LogP contribution in [0.5, 0.6) is 0 Å². The van der Waals surface area contributed by atoms with Crippen LogP contribution in [0.4, 0.5) is 0 Å². The van der Waals surface area contributed by atoms with Crippen molar-refractivity contribution in [3.63, 3.8) is 0 Å². The van der Waals surface area contributed by atoms with E-state index in [1.165, 1.54) is 0 Å². The minimum absolute atomic E-state index is 0.404. The van der Waals surface area contributed by atoms with E-state index in [0.717, 1.165) is 0 Å². The van der Waals surface area contributed by atoms with Gasteiger partial charge in [0.05, 0.1) is 0 Å². The second-order valence-corrected chi connectivity index (χ2v) is 5.11. The summed E-state index contributed by atoms with van der Waals surface area (Å²) in [5, 5.41) is 0. The van der Waals surface area contributed by atoms with Crippen molar-refractivity contribution in [1.82, 2.24) is 0 Å². The zero-order chi connectivity index (χ0) is 16.5. The van der Waals surface area contributed by atoms with Crippen molar-refractivity contribution in [2.24, 2.45) is 11.5 Å². The number of hydrogen-bond acceptors (Lipinski definition) is 3. The van der Waals surface area contributed by atoms with Crippen LogP contribution in [0.1, 0.15) is 25.7 Å². The van der Waals surface area contributed by atoms with Crippen molar-refractivity contribution in [2.45, 2.75) is 36.9 Å². The van der Waals surface area contributed by atoms with Gasteiger partial charge in [-0.05, 0) is 0 Å². The van der Waals surface area contributed by atoms with Crippen LogP contribution in [0.15, 0.2) is 75.2 Å². The van der Waals surface area contributed by atoms with Crippen molar-refractivity contribution in [3.05, 3.63) is 75.2 Å². The Kier molecular flexibility index (Phi) is 7.53. The topological polar surface area (TPSA) is 61.3 Å². The fourth-order valence-corrected chi connectivity index (χ4v) is 2.30. The van der Waals surface area contributed by atoms with E-state index in [1.807, 2.05) is 0 Å². The maximum atomic E-state index is 6.38. The molecule has 0 saturated heterocycles. The van der Waals surface area contributed by atoms with E-state index in [1.54, 1.807) is 24.3 Å². The molecular formula is C18H28N2O. The lowest BCUT2D eigenvalue weighted by Gasteiger charge is -2.43. The third-order valence-electron chi connectivity index (χ3n) is 3.46. The maximum absolute atomic E-state index is 6.38. The summed E-state index contributed by atoms with van der Waals surface area (Å²) in [5.41, 5.74) is 11.2. The minimum Gasteiger partial charge on any atom is -0.400 e. The van der Waals surface area contributed by atoms with E-state index >= 15 is 0 Å². The SMILES string of the molecule is C=CCC(CC=C)(OC(CC=C)(CC=C)C(=C)N)C(=C)N. The fourth-order valence-electron chi connectivity index (χ4n) is 2.30. The maximum Gasteiger partial charge on any atom is 0.115 e. The summed E-state index contributed by atoms with van der Waals surface area (Å²) in [7, 11) is 0. The highest BCUT2D eigenvalue weighted by Crippen LogP contribution is 2.38. The van der Waals surface area contributed by atoms with Crippen LogP contribution in [0.2, 0.25) is 0 Å². The van der Waals surface area contributed by atoms with Crippen LogP contribution in [0.3, 0.4) is 0 Å². The Hall–Kier alpha value is -2.00. The minimum atomic E-state index is -0.822. The molecule has 0 aromatic heterocycles. The zero-order valence-corrected chi connectivity index (χ0v) is 12.9. The normalized spacial score (nSPS) is 11.4. The van der Waals surface area contributed by atoms with Gasteiger partial charge in [0, 0.05) is 37.1 Å². The van der Waals surface area contributed by atoms with Crippen molar-refractivity contribution >= 4 is 0 Å². The van der Waals surface area contributed by atoms with Gasteiger partial charge in [0.15, 0.2) is 0 Å². The summed E-state index contributed by atoms with van der Waals surface area (Å²) in [6, 6.07) is 0. The molecule has 0 fully saturated rings. The molecule has 0 amide bonds. The molecule has 0 radical (unpaired) electrons. The van der Waals surface area contributed by atoms with Crippen LogP contribution in [-0.4, -0.2) is 11.2 Å². The predicted molar refractivity (Wildman–Crippen MR) is 92.5 cm³/mol. The van der Waals surface area contributed by atoms with Gasteiger partial charge in [-0.3, -0.25) is 0 Å². The average Bonchev–Trinajstić information content (AvgIpc) is 2.39. The molecule has 0 unspecified atom stereocenters. The van der Waals surface area contributed by atoms with Gasteiger partial charge in [0.25, 0.3) is 0 Å². The second-order valence-electron chi connectivity index (χ2n) is 5.11. The van der Waals surface area contributed by atoms with Crippen molar-refractivity contribution in [2.75, 3.05) is 0 Å². The largest absolute Gasteiger partial charge is 0.400 e. The summed E-state index contributed by atoms with van der Waals surface area (Å²) in [4.78, 5) is 0. The summed E-state index contributed by atoms with van der Waals surface area (Å²) < 4.78 is 6.38. The van der Waals surface area contributed by atoms with Gasteiger partial charge in [-0.15, -0.1) is 26.3 Å². The first-order valence-corrected chi connectivity index (χ1v) is 6.87. The average molecular weight is 288 g/mol. The van der Waals surface area contributed by atoms with E-state index in [9.17, 15) is 0 Å². The molecule has 0 aliphatic rings. The molecule has 0 atom stereocenters. The summed E-state index contributed by atoms with van der Waals surface area (Å²) in [6.45, 7) is 22.8. The molecule has 0 spiro atoms. The molecular weight excluding hydrogens is 260 g/mol. The van der Waals surface area contributed by atoms with E-state index < -0.39 is 11.2 Å². The fraction of sp³-hybridized carbons (Fsp3) is 0.333. The van der Waals surface area contributed by atoms with Gasteiger partial charge in [-0.25, -0.2) is 0 Å². The van der Waals surface area contributed by atoms with Crippen LogP contribution in [-0.2, 0) is 4.74 Å². The van der Waals surface area contributed by atoms with Gasteiger partial charge in [-0.1, -0.05) is 37.5 Å². The number of hydrogen-bond donors (Lipinski definition) is 2. The number of rotatable bonds is 12. The first kappa shape index (κ1) is 19.0. The summed E-state index contributed by atoms with van der Waals surface area (Å²) >= 11 is 0. The Bertz CT molecular complexity index is 374. The van der Waals surface area contributed by atoms with E-state index in [2.05, 4.69) is 39.5 Å². The Morgan fingerprint density at radius 2 is 0.952 bits per heavy atom.